The Labute approximate surface area is 98.6 Å². The number of nitrogens with one attached hydrogen (secondary N) is 1. The molecule has 2 N–H and O–H groups in total. The van der Waals surface area contributed by atoms with Crippen molar-refractivity contribution >= 4 is 11.9 Å². The average Bonchev–Trinajstić information content (AvgIpc) is 2.93. The first-order chi connectivity index (χ1) is 8.15. The van der Waals surface area contributed by atoms with Crippen LogP contribution in [0.1, 0.15) is 19.3 Å². The number of rotatable bonds is 6. The van der Waals surface area contributed by atoms with E-state index in [2.05, 4.69) is 10.4 Å². The molecule has 1 atom stereocenters. The second kappa shape index (κ2) is 4.99. The average molecular weight is 237 g/mol. The maximum atomic E-state index is 11.6. The van der Waals surface area contributed by atoms with Gasteiger partial charge in [-0.1, -0.05) is 12.8 Å². The number of aromatic nitrogens is 2. The molecule has 0 aromatic carbocycles. The fourth-order valence-electron chi connectivity index (χ4n) is 1.69. The van der Waals surface area contributed by atoms with Crippen molar-refractivity contribution < 1.29 is 14.7 Å². The van der Waals surface area contributed by atoms with E-state index in [1.807, 2.05) is 0 Å². The number of carboxylic acids is 1. The van der Waals surface area contributed by atoms with E-state index in [4.69, 9.17) is 5.11 Å². The van der Waals surface area contributed by atoms with Crippen molar-refractivity contribution in [3.8, 4) is 0 Å². The van der Waals surface area contributed by atoms with Crippen LogP contribution in [0.15, 0.2) is 18.5 Å². The number of nitrogens with zero attached hydrogens (tertiary/aromatic N) is 2. The third-order valence-corrected chi connectivity index (χ3v) is 2.76. The molecule has 2 rings (SSSR count). The minimum atomic E-state index is -0.967. The number of carboxylic acid groups (broad SMARTS) is 1. The largest absolute Gasteiger partial charge is 0.480 e. The molecule has 0 saturated heterocycles. The van der Waals surface area contributed by atoms with Gasteiger partial charge in [0.25, 0.3) is 0 Å². The van der Waals surface area contributed by atoms with Gasteiger partial charge in [-0.3, -0.25) is 9.48 Å². The summed E-state index contributed by atoms with van der Waals surface area (Å²) in [6, 6.07) is 0.942. The normalized spacial score (nSPS) is 16.5. The lowest BCUT2D eigenvalue weighted by atomic mass is 10.1. The number of hydrogen-bond acceptors (Lipinski definition) is 3. The standard InChI is InChI=1S/C11H15N3O3/c15-10(7-14-5-1-4-12-14)13-9(11(16)17)6-8-2-3-8/h1,4-5,8-9H,2-3,6-7H2,(H,13,15)(H,16,17). The number of amides is 1. The lowest BCUT2D eigenvalue weighted by molar-refractivity contribution is -0.142. The van der Waals surface area contributed by atoms with E-state index >= 15 is 0 Å². The second-order valence-corrected chi connectivity index (χ2v) is 4.34. The predicted octanol–water partition coefficient (Wildman–Crippen LogP) is 0.253. The SMILES string of the molecule is O=C(Cn1cccn1)NC(CC1CC1)C(=O)O. The number of hydrogen-bond donors (Lipinski definition) is 2. The Morgan fingerprint density at radius 1 is 1.53 bits per heavy atom. The molecule has 0 spiro atoms. The van der Waals surface area contributed by atoms with Crippen LogP contribution in [-0.4, -0.2) is 32.8 Å². The first-order valence-corrected chi connectivity index (χ1v) is 5.65. The van der Waals surface area contributed by atoms with Gasteiger partial charge in [0.15, 0.2) is 0 Å². The van der Waals surface area contributed by atoms with Crippen LogP contribution >= 0.6 is 0 Å². The lowest BCUT2D eigenvalue weighted by Crippen LogP contribution is -2.42. The number of aliphatic carboxylic acids is 1. The zero-order valence-corrected chi connectivity index (χ0v) is 9.37. The van der Waals surface area contributed by atoms with E-state index < -0.39 is 12.0 Å². The van der Waals surface area contributed by atoms with Crippen LogP contribution in [0.4, 0.5) is 0 Å². The Hall–Kier alpha value is -1.85. The van der Waals surface area contributed by atoms with Crippen LogP contribution in [-0.2, 0) is 16.1 Å². The van der Waals surface area contributed by atoms with Crippen LogP contribution in [0.25, 0.3) is 0 Å². The highest BCUT2D eigenvalue weighted by molar-refractivity contribution is 5.83. The Morgan fingerprint density at radius 2 is 2.29 bits per heavy atom. The molecule has 0 aliphatic heterocycles. The van der Waals surface area contributed by atoms with Gasteiger partial charge in [0.2, 0.25) is 5.91 Å². The highest BCUT2D eigenvalue weighted by atomic mass is 16.4. The maximum Gasteiger partial charge on any atom is 0.326 e. The maximum absolute atomic E-state index is 11.6. The minimum Gasteiger partial charge on any atom is -0.480 e. The van der Waals surface area contributed by atoms with Gasteiger partial charge in [-0.25, -0.2) is 4.79 Å². The molecule has 1 amide bonds. The summed E-state index contributed by atoms with van der Waals surface area (Å²) in [5.74, 6) is -0.825. The molecule has 1 aliphatic rings. The van der Waals surface area contributed by atoms with Crippen LogP contribution in [0.3, 0.4) is 0 Å². The predicted molar refractivity (Wildman–Crippen MR) is 59.1 cm³/mol. The van der Waals surface area contributed by atoms with Crippen LogP contribution in [0.5, 0.6) is 0 Å². The molecule has 17 heavy (non-hydrogen) atoms. The van der Waals surface area contributed by atoms with Crippen molar-refractivity contribution in [2.24, 2.45) is 5.92 Å². The highest BCUT2D eigenvalue weighted by Gasteiger charge is 2.30. The molecule has 1 aromatic heterocycles. The smallest absolute Gasteiger partial charge is 0.326 e. The monoisotopic (exact) mass is 237 g/mol. The van der Waals surface area contributed by atoms with Gasteiger partial charge in [-0.15, -0.1) is 0 Å². The van der Waals surface area contributed by atoms with Gasteiger partial charge < -0.3 is 10.4 Å². The zero-order valence-electron chi connectivity index (χ0n) is 9.37. The van der Waals surface area contributed by atoms with E-state index in [-0.39, 0.29) is 12.5 Å². The van der Waals surface area contributed by atoms with Gasteiger partial charge in [-0.2, -0.15) is 5.10 Å². The summed E-state index contributed by atoms with van der Waals surface area (Å²) in [4.78, 5) is 22.6. The third kappa shape index (κ3) is 3.58. The van der Waals surface area contributed by atoms with Crippen LogP contribution in [0, 0.1) is 5.92 Å². The van der Waals surface area contributed by atoms with Gasteiger partial charge in [-0.05, 0) is 18.4 Å². The topological polar surface area (TPSA) is 84.2 Å². The van der Waals surface area contributed by atoms with Crippen molar-refractivity contribution in [3.63, 3.8) is 0 Å². The fraction of sp³-hybridized carbons (Fsp3) is 0.545. The molecule has 1 unspecified atom stereocenters. The van der Waals surface area contributed by atoms with Gasteiger partial charge in [0.1, 0.15) is 12.6 Å². The number of carbonyl (C=O) groups excluding carboxylic acids is 1. The summed E-state index contributed by atoms with van der Waals surface area (Å²) in [6.45, 7) is 0.0570. The molecule has 0 radical (unpaired) electrons. The fourth-order valence-corrected chi connectivity index (χ4v) is 1.69. The Bertz CT molecular complexity index is 398. The van der Waals surface area contributed by atoms with Crippen molar-refractivity contribution in [1.82, 2.24) is 15.1 Å². The van der Waals surface area contributed by atoms with Gasteiger partial charge in [0, 0.05) is 12.4 Å². The molecular formula is C11H15N3O3. The van der Waals surface area contributed by atoms with Crippen molar-refractivity contribution in [2.75, 3.05) is 0 Å². The van der Waals surface area contributed by atoms with E-state index in [1.54, 1.807) is 18.5 Å². The molecule has 1 fully saturated rings. The summed E-state index contributed by atoms with van der Waals surface area (Å²) in [6.07, 6.45) is 5.90. The van der Waals surface area contributed by atoms with Crippen molar-refractivity contribution in [1.29, 1.82) is 0 Å². The van der Waals surface area contributed by atoms with Crippen LogP contribution < -0.4 is 5.32 Å². The summed E-state index contributed by atoms with van der Waals surface area (Å²) < 4.78 is 1.46. The van der Waals surface area contributed by atoms with Gasteiger partial charge in [0.05, 0.1) is 0 Å². The second-order valence-electron chi connectivity index (χ2n) is 4.34. The molecule has 1 saturated carbocycles. The minimum absolute atomic E-state index is 0.0570. The molecule has 0 bridgehead atoms. The quantitative estimate of drug-likeness (QED) is 0.743. The molecular weight excluding hydrogens is 222 g/mol. The molecule has 1 aromatic rings. The van der Waals surface area contributed by atoms with Crippen LogP contribution in [0.2, 0.25) is 0 Å². The first kappa shape index (κ1) is 11.6. The Balaban J connectivity index is 1.83. The lowest BCUT2D eigenvalue weighted by Gasteiger charge is -2.13. The molecule has 92 valence electrons. The Kier molecular flexibility index (Phi) is 3.41. The molecule has 6 nitrogen and oxygen atoms in total. The van der Waals surface area contributed by atoms with E-state index in [0.717, 1.165) is 12.8 Å². The Morgan fingerprint density at radius 3 is 2.82 bits per heavy atom. The van der Waals surface area contributed by atoms with Crippen molar-refractivity contribution in [2.45, 2.75) is 31.8 Å². The van der Waals surface area contributed by atoms with Gasteiger partial charge >= 0.3 is 5.97 Å². The third-order valence-electron chi connectivity index (χ3n) is 2.76. The summed E-state index contributed by atoms with van der Waals surface area (Å²) in [5.41, 5.74) is 0. The molecule has 6 heteroatoms. The summed E-state index contributed by atoms with van der Waals surface area (Å²) in [5, 5.41) is 15.4. The molecule has 1 heterocycles. The van der Waals surface area contributed by atoms with E-state index in [9.17, 15) is 9.59 Å². The van der Waals surface area contributed by atoms with E-state index in [0.29, 0.717) is 12.3 Å². The van der Waals surface area contributed by atoms with E-state index in [1.165, 1.54) is 4.68 Å². The summed E-state index contributed by atoms with van der Waals surface area (Å²) >= 11 is 0. The zero-order chi connectivity index (χ0) is 12.3. The van der Waals surface area contributed by atoms with Crippen molar-refractivity contribution in [3.05, 3.63) is 18.5 Å². The summed E-state index contributed by atoms with van der Waals surface area (Å²) in [7, 11) is 0. The molecule has 1 aliphatic carbocycles. The first-order valence-electron chi connectivity index (χ1n) is 5.65. The number of carbonyl (C=O) groups is 2. The highest BCUT2D eigenvalue weighted by Crippen LogP contribution is 2.33.